The molecule has 0 atom stereocenters. The molecule has 10 heteroatoms. The van der Waals surface area contributed by atoms with Crippen molar-refractivity contribution in [2.75, 3.05) is 13.2 Å². The highest BCUT2D eigenvalue weighted by molar-refractivity contribution is 7.81. The molecule has 0 bridgehead atoms. The third-order valence-corrected chi connectivity index (χ3v) is 3.16. The highest BCUT2D eigenvalue weighted by Crippen LogP contribution is 2.18. The maximum Gasteiger partial charge on any atom is 0.488 e. The van der Waals surface area contributed by atoms with Crippen LogP contribution >= 0.6 is 0 Å². The molecule has 0 radical (unpaired) electrons. The summed E-state index contributed by atoms with van der Waals surface area (Å²) in [6, 6.07) is 0.698. The average molecular weight is 334 g/mol. The van der Waals surface area contributed by atoms with Crippen LogP contribution in [0.1, 0.15) is 24.2 Å². The molecule has 0 saturated carbocycles. The van der Waals surface area contributed by atoms with Gasteiger partial charge in [-0.3, -0.25) is 9.78 Å². The molecule has 1 amide bonds. The molecule has 0 aromatic carbocycles. The number of amides is 1. The maximum absolute atomic E-state index is 12.4. The van der Waals surface area contributed by atoms with E-state index in [0.717, 1.165) is 12.3 Å². The first kappa shape index (κ1) is 16.6. The van der Waals surface area contributed by atoms with Gasteiger partial charge in [0.15, 0.2) is 11.5 Å². The van der Waals surface area contributed by atoms with Crippen molar-refractivity contribution in [2.45, 2.75) is 25.7 Å². The number of nitrogens with one attached hydrogen (secondary N) is 1. The van der Waals surface area contributed by atoms with E-state index in [9.17, 15) is 17.1 Å². The molecule has 2 rings (SSSR count). The van der Waals surface area contributed by atoms with Crippen molar-refractivity contribution >= 4 is 16.4 Å². The van der Waals surface area contributed by atoms with Gasteiger partial charge < -0.3 is 19.0 Å². The van der Waals surface area contributed by atoms with E-state index in [-0.39, 0.29) is 24.8 Å². The number of halogens is 1. The number of aromatic nitrogens is 1. The number of carbonyl (C=O) groups excluding carboxylic acids is 1. The van der Waals surface area contributed by atoms with Crippen LogP contribution in [-0.2, 0) is 20.0 Å². The summed E-state index contributed by atoms with van der Waals surface area (Å²) in [4.78, 5) is 15.7. The first-order valence-corrected chi connectivity index (χ1v) is 7.63. The summed E-state index contributed by atoms with van der Waals surface area (Å²) in [6.45, 7) is 4.04. The number of ether oxygens (including phenoxy) is 2. The van der Waals surface area contributed by atoms with Gasteiger partial charge in [0.25, 0.3) is 5.91 Å². The molecule has 22 heavy (non-hydrogen) atoms. The molecule has 0 spiro atoms. The third-order valence-electron chi connectivity index (χ3n) is 2.77. The summed E-state index contributed by atoms with van der Waals surface area (Å²) in [6.07, 6.45) is 2.17. The smallest absolute Gasteiger partial charge is 0.357 e. The second-order valence-corrected chi connectivity index (χ2v) is 6.03. The molecule has 1 aliphatic rings. The van der Waals surface area contributed by atoms with Crippen molar-refractivity contribution < 1.29 is 30.8 Å². The Labute approximate surface area is 127 Å². The Morgan fingerprint density at radius 1 is 1.41 bits per heavy atom. The average Bonchev–Trinajstić information content (AvgIpc) is 2.39. The van der Waals surface area contributed by atoms with Gasteiger partial charge in [-0.2, -0.15) is 8.42 Å². The molecule has 0 aliphatic carbocycles. The normalized spacial score (nSPS) is 18.7. The summed E-state index contributed by atoms with van der Waals surface area (Å²) in [5.74, 6) is -1.63. The van der Waals surface area contributed by atoms with Crippen LogP contribution in [0.5, 0.6) is 5.75 Å². The zero-order chi connectivity index (χ0) is 16.4. The molecule has 0 unspecified atom stereocenters. The number of nitrogens with zero attached hydrogens (tertiary/aromatic N) is 1. The summed E-state index contributed by atoms with van der Waals surface area (Å²) in [7, 11) is -5.17. The van der Waals surface area contributed by atoms with Crippen molar-refractivity contribution in [2.24, 2.45) is 0 Å². The van der Waals surface area contributed by atoms with E-state index >= 15 is 0 Å². The van der Waals surface area contributed by atoms with Gasteiger partial charge in [0.2, 0.25) is 0 Å². The van der Waals surface area contributed by atoms with E-state index in [1.807, 2.05) is 0 Å². The Bertz CT molecular complexity index is 653. The predicted molar refractivity (Wildman–Crippen MR) is 72.1 cm³/mol. The number of pyridine rings is 1. The van der Waals surface area contributed by atoms with E-state index in [4.69, 9.17) is 9.47 Å². The molecule has 122 valence electrons. The lowest BCUT2D eigenvalue weighted by atomic mass is 10.2. The van der Waals surface area contributed by atoms with E-state index in [1.165, 1.54) is 6.20 Å². The van der Waals surface area contributed by atoms with Crippen molar-refractivity contribution in [1.82, 2.24) is 10.3 Å². The predicted octanol–water partition coefficient (Wildman–Crippen LogP) is 0.556. The van der Waals surface area contributed by atoms with Gasteiger partial charge in [-0.05, 0) is 19.9 Å². The van der Waals surface area contributed by atoms with Crippen molar-refractivity contribution in [3.63, 3.8) is 0 Å². The van der Waals surface area contributed by atoms with Gasteiger partial charge in [-0.15, -0.1) is 0 Å². The third kappa shape index (κ3) is 4.90. The van der Waals surface area contributed by atoms with E-state index in [0.29, 0.717) is 0 Å². The van der Waals surface area contributed by atoms with Crippen molar-refractivity contribution in [3.8, 4) is 5.75 Å². The topological polar surface area (TPSA) is 104 Å². The van der Waals surface area contributed by atoms with Crippen LogP contribution in [0.4, 0.5) is 3.89 Å². The second-order valence-electron chi connectivity index (χ2n) is 5.08. The van der Waals surface area contributed by atoms with Crippen LogP contribution in [-0.4, -0.2) is 44.4 Å². The maximum atomic E-state index is 12.4. The van der Waals surface area contributed by atoms with Gasteiger partial charge >= 0.3 is 10.5 Å². The molecule has 1 aromatic rings. The van der Waals surface area contributed by atoms with Crippen LogP contribution in [0.2, 0.25) is 0 Å². The molecule has 1 saturated heterocycles. The summed E-state index contributed by atoms with van der Waals surface area (Å²) in [5.41, 5.74) is 0.0194. The molecule has 2 heterocycles. The molecular formula is C12H15FN2O6S. The van der Waals surface area contributed by atoms with E-state index < -0.39 is 27.9 Å². The molecule has 1 aliphatic heterocycles. The lowest BCUT2D eigenvalue weighted by molar-refractivity contribution is -0.251. The van der Waals surface area contributed by atoms with Crippen LogP contribution in [0, 0.1) is 0 Å². The number of rotatable bonds is 4. The minimum atomic E-state index is -5.17. The minimum Gasteiger partial charge on any atom is -0.357 e. The number of hydrogen-bond donors (Lipinski definition) is 1. The molecule has 8 nitrogen and oxygen atoms in total. The Morgan fingerprint density at radius 2 is 2.05 bits per heavy atom. The highest BCUT2D eigenvalue weighted by Gasteiger charge is 2.29. The van der Waals surface area contributed by atoms with Crippen LogP contribution in [0.15, 0.2) is 18.5 Å². The molecule has 1 fully saturated rings. The SMILES string of the molecule is CC1(C)OCC(NC(=O)c2cncc(OS(=O)(=O)F)c2)CO1. The Morgan fingerprint density at radius 3 is 2.64 bits per heavy atom. The fraction of sp³-hybridized carbons (Fsp3) is 0.500. The number of hydrogen-bond acceptors (Lipinski definition) is 7. The molecule has 1 aromatic heterocycles. The Balaban J connectivity index is 2.00. The number of carbonyl (C=O) groups is 1. The summed E-state index contributed by atoms with van der Waals surface area (Å²) in [5, 5.41) is 2.64. The fourth-order valence-electron chi connectivity index (χ4n) is 1.75. The largest absolute Gasteiger partial charge is 0.488 e. The Hall–Kier alpha value is -1.78. The molecular weight excluding hydrogens is 319 g/mol. The first-order chi connectivity index (χ1) is 10.1. The lowest BCUT2D eigenvalue weighted by Gasteiger charge is -2.35. The molecule has 1 N–H and O–H groups in total. The van der Waals surface area contributed by atoms with Gasteiger partial charge in [-0.1, -0.05) is 3.89 Å². The van der Waals surface area contributed by atoms with Gasteiger partial charge in [-0.25, -0.2) is 0 Å². The Kier molecular flexibility index (Phi) is 4.63. The zero-order valence-electron chi connectivity index (χ0n) is 11.9. The zero-order valence-corrected chi connectivity index (χ0v) is 12.7. The van der Waals surface area contributed by atoms with E-state index in [1.54, 1.807) is 13.8 Å². The quantitative estimate of drug-likeness (QED) is 0.802. The minimum absolute atomic E-state index is 0.0194. The summed E-state index contributed by atoms with van der Waals surface area (Å²) >= 11 is 0. The fourth-order valence-corrected chi connectivity index (χ4v) is 2.07. The van der Waals surface area contributed by atoms with E-state index in [2.05, 4.69) is 14.5 Å². The van der Waals surface area contributed by atoms with Crippen molar-refractivity contribution in [1.29, 1.82) is 0 Å². The van der Waals surface area contributed by atoms with Crippen LogP contribution < -0.4 is 9.50 Å². The van der Waals surface area contributed by atoms with Crippen molar-refractivity contribution in [3.05, 3.63) is 24.0 Å². The van der Waals surface area contributed by atoms with Gasteiger partial charge in [0.1, 0.15) is 0 Å². The van der Waals surface area contributed by atoms with Crippen LogP contribution in [0.3, 0.4) is 0 Å². The van der Waals surface area contributed by atoms with Gasteiger partial charge in [0.05, 0.1) is 31.0 Å². The lowest BCUT2D eigenvalue weighted by Crippen LogP contribution is -2.50. The second kappa shape index (κ2) is 6.15. The van der Waals surface area contributed by atoms with Crippen LogP contribution in [0.25, 0.3) is 0 Å². The summed E-state index contributed by atoms with van der Waals surface area (Å²) < 4.78 is 48.1. The monoisotopic (exact) mass is 334 g/mol. The highest BCUT2D eigenvalue weighted by atomic mass is 32.3. The van der Waals surface area contributed by atoms with Gasteiger partial charge in [0, 0.05) is 6.20 Å². The first-order valence-electron chi connectivity index (χ1n) is 6.32. The standard InChI is InChI=1S/C12H15FN2O6S/c1-12(2)19-6-9(7-20-12)15-11(16)8-3-10(5-14-4-8)21-22(13,17)18/h3-5,9H,6-7H2,1-2H3,(H,15,16).